The highest BCUT2D eigenvalue weighted by atomic mass is 32.2. The molecule has 1 N–H and O–H groups in total. The minimum atomic E-state index is -4.53. The van der Waals surface area contributed by atoms with Gasteiger partial charge in [0, 0.05) is 20.1 Å². The molecule has 0 aliphatic heterocycles. The van der Waals surface area contributed by atoms with Gasteiger partial charge in [-0.3, -0.25) is 0 Å². The predicted octanol–water partition coefficient (Wildman–Crippen LogP) is 1.17. The van der Waals surface area contributed by atoms with E-state index in [1.165, 1.54) is 14.1 Å². The molecule has 1 aromatic carbocycles. The van der Waals surface area contributed by atoms with Crippen molar-refractivity contribution in [3.8, 4) is 0 Å². The maximum atomic E-state index is 13.0. The number of hydrogen-bond acceptors (Lipinski definition) is 7. The molecule has 170 valence electrons. The summed E-state index contributed by atoms with van der Waals surface area (Å²) in [6.07, 6.45) is -2.72. The standard InChI is InChI=1S/C16H19F3N6O4S2/c1-23(2)31(28,29)25-10-21-15(22-25)30(26,27)24(13-7-8-13)9-14(20)11-3-5-12(6-4-11)16(17,18)19/h3-6,10,13,20H,7-9H2,1-2H3. The Balaban J connectivity index is 1.85. The number of benzene rings is 1. The number of nitrogens with zero attached hydrogens (tertiary/aromatic N) is 5. The Morgan fingerprint density at radius 3 is 2.23 bits per heavy atom. The van der Waals surface area contributed by atoms with Gasteiger partial charge in [0.15, 0.2) is 0 Å². The third kappa shape index (κ3) is 4.78. The van der Waals surface area contributed by atoms with Gasteiger partial charge in [-0.2, -0.15) is 30.2 Å². The minimum Gasteiger partial charge on any atom is -0.303 e. The van der Waals surface area contributed by atoms with Crippen LogP contribution >= 0.6 is 0 Å². The highest BCUT2D eigenvalue weighted by molar-refractivity contribution is 7.89. The molecule has 1 saturated carbocycles. The first-order chi connectivity index (χ1) is 14.2. The van der Waals surface area contributed by atoms with E-state index in [1.807, 2.05) is 0 Å². The van der Waals surface area contributed by atoms with Crippen LogP contribution in [0.3, 0.4) is 0 Å². The van der Waals surface area contributed by atoms with E-state index < -0.39 is 49.7 Å². The maximum absolute atomic E-state index is 13.0. The highest BCUT2D eigenvalue weighted by Gasteiger charge is 2.41. The Bertz CT molecular complexity index is 1190. The molecule has 1 aromatic heterocycles. The summed E-state index contributed by atoms with van der Waals surface area (Å²) in [5.41, 5.74) is -0.973. The van der Waals surface area contributed by atoms with Crippen LogP contribution in [0.2, 0.25) is 0 Å². The van der Waals surface area contributed by atoms with Gasteiger partial charge in [0.1, 0.15) is 6.33 Å². The van der Waals surface area contributed by atoms with E-state index in [2.05, 4.69) is 10.1 Å². The second kappa shape index (κ2) is 7.96. The molecule has 0 spiro atoms. The summed E-state index contributed by atoms with van der Waals surface area (Å²) in [7, 11) is -5.93. The van der Waals surface area contributed by atoms with E-state index >= 15 is 0 Å². The first-order valence-electron chi connectivity index (χ1n) is 8.86. The van der Waals surface area contributed by atoms with Crippen molar-refractivity contribution in [2.75, 3.05) is 20.6 Å². The van der Waals surface area contributed by atoms with E-state index in [1.54, 1.807) is 0 Å². The first kappa shape index (κ1) is 23.3. The van der Waals surface area contributed by atoms with Crippen molar-refractivity contribution in [1.82, 2.24) is 22.8 Å². The monoisotopic (exact) mass is 480 g/mol. The van der Waals surface area contributed by atoms with E-state index in [-0.39, 0.29) is 11.3 Å². The van der Waals surface area contributed by atoms with E-state index in [9.17, 15) is 30.0 Å². The molecule has 1 fully saturated rings. The van der Waals surface area contributed by atoms with Crippen LogP contribution in [-0.4, -0.2) is 72.0 Å². The predicted molar refractivity (Wildman–Crippen MR) is 103 cm³/mol. The number of aromatic nitrogens is 3. The highest BCUT2D eigenvalue weighted by Crippen LogP contribution is 2.32. The normalized spacial score (nSPS) is 15.6. The van der Waals surface area contributed by atoms with Gasteiger partial charge in [0.2, 0.25) is 0 Å². The molecular weight excluding hydrogens is 461 g/mol. The number of nitrogens with one attached hydrogen (secondary N) is 1. The summed E-state index contributed by atoms with van der Waals surface area (Å²) >= 11 is 0. The summed E-state index contributed by atoms with van der Waals surface area (Å²) in [5.74, 6) is 0. The molecule has 10 nitrogen and oxygen atoms in total. The van der Waals surface area contributed by atoms with Gasteiger partial charge in [-0.05, 0) is 30.5 Å². The van der Waals surface area contributed by atoms with Crippen molar-refractivity contribution in [2.24, 2.45) is 0 Å². The zero-order valence-corrected chi connectivity index (χ0v) is 18.0. The molecule has 0 bridgehead atoms. The Kier molecular flexibility index (Phi) is 5.98. The smallest absolute Gasteiger partial charge is 0.303 e. The Morgan fingerprint density at radius 2 is 1.74 bits per heavy atom. The number of sulfonamides is 1. The molecule has 0 radical (unpaired) electrons. The number of alkyl halides is 3. The van der Waals surface area contributed by atoms with Crippen LogP contribution in [0, 0.1) is 5.41 Å². The van der Waals surface area contributed by atoms with Gasteiger partial charge in [-0.25, -0.2) is 13.4 Å². The van der Waals surface area contributed by atoms with Crippen LogP contribution in [0.5, 0.6) is 0 Å². The zero-order valence-electron chi connectivity index (χ0n) is 16.4. The van der Waals surface area contributed by atoms with Crippen molar-refractivity contribution >= 4 is 25.9 Å². The van der Waals surface area contributed by atoms with Crippen molar-refractivity contribution < 1.29 is 30.0 Å². The summed E-state index contributed by atoms with van der Waals surface area (Å²) in [6, 6.07) is 3.39. The lowest BCUT2D eigenvalue weighted by atomic mass is 10.1. The number of rotatable bonds is 8. The second-order valence-corrected chi connectivity index (χ2v) is 10.8. The molecular formula is C16H19F3N6O4S2. The summed E-state index contributed by atoms with van der Waals surface area (Å²) in [5, 5.41) is 11.0. The van der Waals surface area contributed by atoms with Gasteiger partial charge in [0.05, 0.1) is 17.8 Å². The summed E-state index contributed by atoms with van der Waals surface area (Å²) < 4.78 is 90.6. The van der Waals surface area contributed by atoms with E-state index in [4.69, 9.17) is 5.41 Å². The molecule has 1 heterocycles. The fraction of sp³-hybridized carbons (Fsp3) is 0.438. The molecule has 0 atom stereocenters. The molecule has 2 aromatic rings. The van der Waals surface area contributed by atoms with Gasteiger partial charge in [-0.15, -0.1) is 9.19 Å². The average Bonchev–Trinajstić information content (AvgIpc) is 3.38. The van der Waals surface area contributed by atoms with Crippen LogP contribution in [0.25, 0.3) is 0 Å². The second-order valence-electron chi connectivity index (χ2n) is 7.02. The molecule has 1 aliphatic carbocycles. The fourth-order valence-corrected chi connectivity index (χ4v) is 4.83. The Hall–Kier alpha value is -2.36. The van der Waals surface area contributed by atoms with Crippen molar-refractivity contribution in [3.05, 3.63) is 41.7 Å². The van der Waals surface area contributed by atoms with Crippen molar-refractivity contribution in [3.63, 3.8) is 0 Å². The third-order valence-corrected chi connectivity index (χ3v) is 7.78. The SMILES string of the molecule is CN(C)S(=O)(=O)n1cnc(S(=O)(=O)N(CC(=N)c2ccc(C(F)(F)F)cc2)C2CC2)n1. The average molecular weight is 480 g/mol. The van der Waals surface area contributed by atoms with Crippen LogP contribution in [-0.2, 0) is 26.4 Å². The van der Waals surface area contributed by atoms with Gasteiger partial charge >= 0.3 is 16.4 Å². The van der Waals surface area contributed by atoms with Crippen LogP contribution < -0.4 is 0 Å². The molecule has 0 saturated heterocycles. The van der Waals surface area contributed by atoms with Crippen LogP contribution in [0.4, 0.5) is 13.2 Å². The molecule has 3 rings (SSSR count). The topological polar surface area (TPSA) is 129 Å². The number of hydrogen-bond donors (Lipinski definition) is 1. The van der Waals surface area contributed by atoms with Gasteiger partial charge in [-0.1, -0.05) is 12.1 Å². The van der Waals surface area contributed by atoms with Gasteiger partial charge < -0.3 is 5.41 Å². The zero-order chi connectivity index (χ0) is 23.2. The summed E-state index contributed by atoms with van der Waals surface area (Å²) in [6.45, 7) is -0.423. The fourth-order valence-electron chi connectivity index (χ4n) is 2.62. The van der Waals surface area contributed by atoms with Crippen LogP contribution in [0.1, 0.15) is 24.0 Å². The lowest BCUT2D eigenvalue weighted by Crippen LogP contribution is -2.38. The van der Waals surface area contributed by atoms with Crippen molar-refractivity contribution in [2.45, 2.75) is 30.2 Å². The van der Waals surface area contributed by atoms with E-state index in [0.29, 0.717) is 16.9 Å². The largest absolute Gasteiger partial charge is 0.416 e. The molecule has 15 heteroatoms. The maximum Gasteiger partial charge on any atom is 0.416 e. The Labute approximate surface area is 177 Å². The lowest BCUT2D eigenvalue weighted by molar-refractivity contribution is -0.137. The third-order valence-electron chi connectivity index (χ3n) is 4.52. The molecule has 1 aliphatic rings. The summed E-state index contributed by atoms with van der Waals surface area (Å²) in [4.78, 5) is 3.61. The first-order valence-corrected chi connectivity index (χ1v) is 11.7. The molecule has 0 amide bonds. The molecule has 0 unspecified atom stereocenters. The van der Waals surface area contributed by atoms with Crippen molar-refractivity contribution in [1.29, 1.82) is 5.41 Å². The lowest BCUT2D eigenvalue weighted by Gasteiger charge is -2.20. The van der Waals surface area contributed by atoms with E-state index in [0.717, 1.165) is 39.2 Å². The van der Waals surface area contributed by atoms with Crippen LogP contribution in [0.15, 0.2) is 35.7 Å². The Morgan fingerprint density at radius 1 is 1.16 bits per heavy atom. The number of halogens is 3. The van der Waals surface area contributed by atoms with Gasteiger partial charge in [0.25, 0.3) is 15.2 Å². The minimum absolute atomic E-state index is 0.127. The molecule has 31 heavy (non-hydrogen) atoms. The quantitative estimate of drug-likeness (QED) is 0.565.